The van der Waals surface area contributed by atoms with Crippen LogP contribution in [0.1, 0.15) is 12.5 Å². The van der Waals surface area contributed by atoms with Crippen LogP contribution in [0.15, 0.2) is 76.5 Å². The highest BCUT2D eigenvalue weighted by molar-refractivity contribution is 7.93. The van der Waals surface area contributed by atoms with Gasteiger partial charge in [-0.1, -0.05) is 18.2 Å². The molecule has 0 spiro atoms. The van der Waals surface area contributed by atoms with E-state index in [1.165, 1.54) is 68.4 Å². The fourth-order valence-corrected chi connectivity index (χ4v) is 5.22. The first kappa shape index (κ1) is 23.2. The molecule has 0 aromatic heterocycles. The minimum absolute atomic E-state index is 0.00967. The number of carbonyl (C=O) groups excluding carboxylic acids is 1. The van der Waals surface area contributed by atoms with Crippen molar-refractivity contribution in [3.8, 4) is 0 Å². The van der Waals surface area contributed by atoms with Gasteiger partial charge in [-0.3, -0.25) is 14.2 Å². The molecule has 8 nitrogen and oxygen atoms in total. The van der Waals surface area contributed by atoms with Gasteiger partial charge in [-0.15, -0.1) is 0 Å². The summed E-state index contributed by atoms with van der Waals surface area (Å²) in [6, 6.07) is 14.8. The van der Waals surface area contributed by atoms with Crippen LogP contribution >= 0.6 is 0 Å². The van der Waals surface area contributed by atoms with Crippen LogP contribution in [0, 0.1) is 12.7 Å². The Morgan fingerprint density at radius 2 is 1.44 bits per heavy atom. The smallest absolute Gasteiger partial charge is 0.262 e. The van der Waals surface area contributed by atoms with E-state index >= 15 is 0 Å². The minimum Gasteiger partial charge on any atom is -0.326 e. The second kappa shape index (κ2) is 8.97. The molecule has 0 aliphatic rings. The monoisotopic (exact) mass is 477 g/mol. The van der Waals surface area contributed by atoms with Crippen LogP contribution in [0.4, 0.5) is 21.5 Å². The van der Waals surface area contributed by atoms with Crippen molar-refractivity contribution < 1.29 is 26.0 Å². The van der Waals surface area contributed by atoms with Crippen molar-refractivity contribution in [2.24, 2.45) is 0 Å². The maximum Gasteiger partial charge on any atom is 0.262 e. The molecule has 168 valence electrons. The molecule has 0 heterocycles. The van der Waals surface area contributed by atoms with Gasteiger partial charge in [0.25, 0.3) is 20.0 Å². The van der Waals surface area contributed by atoms with Crippen LogP contribution in [0.5, 0.6) is 0 Å². The summed E-state index contributed by atoms with van der Waals surface area (Å²) in [5.74, 6) is -1.04. The summed E-state index contributed by atoms with van der Waals surface area (Å²) in [5.41, 5.74) is 0.559. The number of hydrogen-bond donors (Lipinski definition) is 3. The number of aryl methyl sites for hydroxylation is 1. The zero-order valence-corrected chi connectivity index (χ0v) is 18.7. The second-order valence-corrected chi connectivity index (χ2v) is 10.2. The fourth-order valence-electron chi connectivity index (χ4n) is 2.83. The van der Waals surface area contributed by atoms with Crippen molar-refractivity contribution in [3.63, 3.8) is 0 Å². The van der Waals surface area contributed by atoms with Gasteiger partial charge in [0.1, 0.15) is 5.82 Å². The van der Waals surface area contributed by atoms with E-state index in [1.807, 2.05) is 0 Å². The SMILES string of the molecule is CC(=O)Nc1ccc(S(=O)(=O)Nc2ccc(C)c(S(=O)(=O)Nc3ccccc3F)c2)cc1. The summed E-state index contributed by atoms with van der Waals surface area (Å²) in [5, 5.41) is 2.53. The predicted molar refractivity (Wildman–Crippen MR) is 120 cm³/mol. The largest absolute Gasteiger partial charge is 0.326 e. The van der Waals surface area contributed by atoms with Crippen LogP contribution in [-0.2, 0) is 24.8 Å². The van der Waals surface area contributed by atoms with E-state index in [2.05, 4.69) is 14.8 Å². The molecule has 0 fully saturated rings. The number of hydrogen-bond acceptors (Lipinski definition) is 5. The van der Waals surface area contributed by atoms with Gasteiger partial charge in [0.05, 0.1) is 21.2 Å². The van der Waals surface area contributed by atoms with Crippen molar-refractivity contribution in [3.05, 3.63) is 78.1 Å². The molecule has 0 atom stereocenters. The van der Waals surface area contributed by atoms with E-state index in [0.717, 1.165) is 12.1 Å². The maximum absolute atomic E-state index is 13.9. The first-order valence-electron chi connectivity index (χ1n) is 9.26. The molecule has 1 amide bonds. The average molecular weight is 478 g/mol. The Kier molecular flexibility index (Phi) is 6.51. The summed E-state index contributed by atoms with van der Waals surface area (Å²) in [7, 11) is -8.23. The fraction of sp³-hybridized carbons (Fsp3) is 0.0952. The number of carbonyl (C=O) groups is 1. The molecule has 3 aromatic rings. The molecular formula is C21H20FN3O5S2. The maximum atomic E-state index is 13.9. The summed E-state index contributed by atoms with van der Waals surface area (Å²) < 4.78 is 69.4. The normalized spacial score (nSPS) is 11.6. The molecular weight excluding hydrogens is 457 g/mol. The highest BCUT2D eigenvalue weighted by Crippen LogP contribution is 2.26. The van der Waals surface area contributed by atoms with E-state index in [1.54, 1.807) is 0 Å². The lowest BCUT2D eigenvalue weighted by Gasteiger charge is -2.14. The number of amides is 1. The van der Waals surface area contributed by atoms with Crippen LogP contribution in [0.25, 0.3) is 0 Å². The highest BCUT2D eigenvalue weighted by Gasteiger charge is 2.21. The Hall–Kier alpha value is -3.44. The van der Waals surface area contributed by atoms with E-state index in [-0.39, 0.29) is 27.1 Å². The van der Waals surface area contributed by atoms with Crippen molar-refractivity contribution in [1.82, 2.24) is 0 Å². The van der Waals surface area contributed by atoms with Gasteiger partial charge >= 0.3 is 0 Å². The molecule has 3 rings (SSSR count). The zero-order valence-electron chi connectivity index (χ0n) is 17.1. The van der Waals surface area contributed by atoms with Gasteiger partial charge in [0.2, 0.25) is 5.91 Å². The number of halogens is 1. The Morgan fingerprint density at radius 3 is 2.06 bits per heavy atom. The molecule has 0 saturated carbocycles. The standard InChI is InChI=1S/C21H20FN3O5S2/c1-14-7-8-17(13-21(14)32(29,30)25-20-6-4-3-5-19(20)22)24-31(27,28)18-11-9-16(10-12-18)23-15(2)26/h3-13,24-25H,1-2H3,(H,23,26). The summed E-state index contributed by atoms with van der Waals surface area (Å²) in [4.78, 5) is 10.8. The first-order valence-corrected chi connectivity index (χ1v) is 12.2. The van der Waals surface area contributed by atoms with Gasteiger partial charge in [-0.2, -0.15) is 0 Å². The molecule has 3 N–H and O–H groups in total. The van der Waals surface area contributed by atoms with Gasteiger partial charge in [-0.25, -0.2) is 21.2 Å². The molecule has 0 unspecified atom stereocenters. The lowest BCUT2D eigenvalue weighted by atomic mass is 10.2. The van der Waals surface area contributed by atoms with Crippen molar-refractivity contribution in [1.29, 1.82) is 0 Å². The quantitative estimate of drug-likeness (QED) is 0.479. The lowest BCUT2D eigenvalue weighted by Crippen LogP contribution is -2.17. The van der Waals surface area contributed by atoms with Gasteiger partial charge < -0.3 is 5.32 Å². The predicted octanol–water partition coefficient (Wildman–Crippen LogP) is 3.69. The average Bonchev–Trinajstić information content (AvgIpc) is 2.71. The van der Waals surface area contributed by atoms with E-state index in [9.17, 15) is 26.0 Å². The van der Waals surface area contributed by atoms with Crippen molar-refractivity contribution >= 4 is 43.0 Å². The number of benzene rings is 3. The Labute approximate surface area is 185 Å². The third-order valence-corrected chi connectivity index (χ3v) is 7.24. The zero-order chi connectivity index (χ0) is 23.5. The number of anilines is 3. The van der Waals surface area contributed by atoms with Crippen molar-refractivity contribution in [2.75, 3.05) is 14.8 Å². The molecule has 0 saturated heterocycles. The van der Waals surface area contributed by atoms with Gasteiger partial charge in [0, 0.05) is 12.6 Å². The number of sulfonamides is 2. The van der Waals surface area contributed by atoms with Crippen LogP contribution in [0.2, 0.25) is 0 Å². The van der Waals surface area contributed by atoms with E-state index < -0.39 is 25.9 Å². The molecule has 0 aliphatic carbocycles. The molecule has 0 aliphatic heterocycles. The topological polar surface area (TPSA) is 121 Å². The van der Waals surface area contributed by atoms with Gasteiger partial charge in [-0.05, 0) is 61.0 Å². The van der Waals surface area contributed by atoms with Gasteiger partial charge in [0.15, 0.2) is 0 Å². The number of rotatable bonds is 7. The van der Waals surface area contributed by atoms with E-state index in [0.29, 0.717) is 11.3 Å². The Morgan fingerprint density at radius 1 is 0.812 bits per heavy atom. The number of para-hydroxylation sites is 1. The van der Waals surface area contributed by atoms with Crippen molar-refractivity contribution in [2.45, 2.75) is 23.6 Å². The first-order chi connectivity index (χ1) is 15.0. The highest BCUT2D eigenvalue weighted by atomic mass is 32.2. The molecule has 0 radical (unpaired) electrons. The molecule has 0 bridgehead atoms. The molecule has 3 aromatic carbocycles. The van der Waals surface area contributed by atoms with Crippen LogP contribution in [-0.4, -0.2) is 22.7 Å². The Balaban J connectivity index is 1.88. The summed E-state index contributed by atoms with van der Waals surface area (Å²) in [6.45, 7) is 2.87. The third-order valence-electron chi connectivity index (χ3n) is 4.33. The number of nitrogens with one attached hydrogen (secondary N) is 3. The second-order valence-electron chi connectivity index (χ2n) is 6.88. The Bertz CT molecular complexity index is 1370. The van der Waals surface area contributed by atoms with E-state index in [4.69, 9.17) is 0 Å². The summed E-state index contributed by atoms with van der Waals surface area (Å²) in [6.07, 6.45) is 0. The molecule has 32 heavy (non-hydrogen) atoms. The molecule has 11 heteroatoms. The third kappa shape index (κ3) is 5.42. The summed E-state index contributed by atoms with van der Waals surface area (Å²) >= 11 is 0. The minimum atomic E-state index is -4.19. The van der Waals surface area contributed by atoms with Crippen LogP contribution < -0.4 is 14.8 Å². The lowest BCUT2D eigenvalue weighted by molar-refractivity contribution is -0.114. The van der Waals surface area contributed by atoms with Crippen LogP contribution in [0.3, 0.4) is 0 Å².